The number of hydrogen-bond acceptors (Lipinski definition) is 2. The van der Waals surface area contributed by atoms with Crippen LogP contribution in [0.15, 0.2) is 0 Å². The molecule has 2 heteroatoms. The lowest BCUT2D eigenvalue weighted by Gasteiger charge is -2.33. The van der Waals surface area contributed by atoms with Gasteiger partial charge in [0.05, 0.1) is 6.10 Å². The van der Waals surface area contributed by atoms with E-state index in [0.717, 1.165) is 25.8 Å². The topological polar surface area (TPSA) is 32.3 Å². The summed E-state index contributed by atoms with van der Waals surface area (Å²) in [7, 11) is 0. The first-order valence-corrected chi connectivity index (χ1v) is 5.91. The van der Waals surface area contributed by atoms with Crippen LogP contribution in [0, 0.1) is 5.41 Å². The van der Waals surface area contributed by atoms with Gasteiger partial charge in [-0.3, -0.25) is 0 Å². The molecule has 0 rings (SSSR count). The van der Waals surface area contributed by atoms with E-state index < -0.39 is 0 Å². The van der Waals surface area contributed by atoms with Crippen molar-refractivity contribution in [3.8, 4) is 0 Å². The highest BCUT2D eigenvalue weighted by atomic mass is 16.3. The molecule has 0 saturated heterocycles. The Morgan fingerprint density at radius 3 is 2.00 bits per heavy atom. The summed E-state index contributed by atoms with van der Waals surface area (Å²) in [4.78, 5) is 0. The van der Waals surface area contributed by atoms with Crippen molar-refractivity contribution in [2.45, 2.75) is 66.0 Å². The molecule has 0 amide bonds. The van der Waals surface area contributed by atoms with E-state index in [2.05, 4.69) is 33.0 Å². The van der Waals surface area contributed by atoms with Gasteiger partial charge in [-0.15, -0.1) is 0 Å². The van der Waals surface area contributed by atoms with Gasteiger partial charge in [-0.25, -0.2) is 0 Å². The molecule has 0 aliphatic carbocycles. The fourth-order valence-electron chi connectivity index (χ4n) is 1.52. The van der Waals surface area contributed by atoms with Crippen molar-refractivity contribution in [1.82, 2.24) is 5.32 Å². The minimum absolute atomic E-state index is 0.0165. The number of hydrogen-bond donors (Lipinski definition) is 2. The first-order valence-electron chi connectivity index (χ1n) is 5.91. The predicted molar refractivity (Wildman–Crippen MR) is 62.5 cm³/mol. The van der Waals surface area contributed by atoms with E-state index >= 15 is 0 Å². The van der Waals surface area contributed by atoms with Crippen LogP contribution in [0.25, 0.3) is 0 Å². The van der Waals surface area contributed by atoms with Crippen molar-refractivity contribution >= 4 is 0 Å². The summed E-state index contributed by atoms with van der Waals surface area (Å²) in [5, 5.41) is 13.2. The molecular formula is C12H27NO. The molecule has 2 unspecified atom stereocenters. The molecule has 2 atom stereocenters. The van der Waals surface area contributed by atoms with E-state index in [1.807, 2.05) is 6.92 Å². The first-order chi connectivity index (χ1) is 6.50. The Morgan fingerprint density at radius 1 is 1.21 bits per heavy atom. The number of aliphatic hydroxyl groups excluding tert-OH is 1. The van der Waals surface area contributed by atoms with Crippen molar-refractivity contribution in [3.05, 3.63) is 0 Å². The summed E-state index contributed by atoms with van der Waals surface area (Å²) >= 11 is 0. The molecule has 0 heterocycles. The number of aliphatic hydroxyl groups is 1. The standard InChI is InChI=1S/C12H27NO/c1-6-11(7-2)13-9-12(5,8-3)10(4)14/h10-11,13-14H,6-9H2,1-5H3. The summed E-state index contributed by atoms with van der Waals surface area (Å²) in [6, 6.07) is 0.597. The van der Waals surface area contributed by atoms with Crippen LogP contribution in [-0.2, 0) is 0 Å². The Bertz CT molecular complexity index is 143. The second-order valence-electron chi connectivity index (χ2n) is 4.58. The van der Waals surface area contributed by atoms with E-state index in [1.54, 1.807) is 0 Å². The lowest BCUT2D eigenvalue weighted by atomic mass is 9.82. The third-order valence-electron chi connectivity index (χ3n) is 3.60. The van der Waals surface area contributed by atoms with Gasteiger partial charge in [0, 0.05) is 18.0 Å². The normalized spacial score (nSPS) is 18.2. The van der Waals surface area contributed by atoms with Gasteiger partial charge in [-0.2, -0.15) is 0 Å². The molecule has 14 heavy (non-hydrogen) atoms. The summed E-state index contributed by atoms with van der Waals surface area (Å²) in [5.41, 5.74) is 0.0165. The van der Waals surface area contributed by atoms with Crippen molar-refractivity contribution < 1.29 is 5.11 Å². The molecule has 0 aromatic heterocycles. The summed E-state index contributed by atoms with van der Waals surface area (Å²) in [6.45, 7) is 11.5. The molecule has 0 aliphatic heterocycles. The Morgan fingerprint density at radius 2 is 1.71 bits per heavy atom. The zero-order valence-electron chi connectivity index (χ0n) is 10.4. The van der Waals surface area contributed by atoms with Crippen molar-refractivity contribution in [2.75, 3.05) is 6.54 Å². The fraction of sp³-hybridized carbons (Fsp3) is 1.00. The van der Waals surface area contributed by atoms with Crippen molar-refractivity contribution in [1.29, 1.82) is 0 Å². The second-order valence-corrected chi connectivity index (χ2v) is 4.58. The Hall–Kier alpha value is -0.0800. The molecule has 0 aromatic carbocycles. The molecule has 0 aromatic rings. The zero-order chi connectivity index (χ0) is 11.2. The molecular weight excluding hydrogens is 174 g/mol. The SMILES string of the molecule is CCC(CC)NCC(C)(CC)C(C)O. The van der Waals surface area contributed by atoms with E-state index in [0.29, 0.717) is 6.04 Å². The first kappa shape index (κ1) is 13.9. The van der Waals surface area contributed by atoms with Gasteiger partial charge >= 0.3 is 0 Å². The van der Waals surface area contributed by atoms with Gasteiger partial charge < -0.3 is 10.4 Å². The van der Waals surface area contributed by atoms with Crippen LogP contribution in [0.3, 0.4) is 0 Å². The van der Waals surface area contributed by atoms with Gasteiger partial charge in [-0.1, -0.05) is 27.7 Å². The van der Waals surface area contributed by atoms with Crippen LogP contribution in [0.1, 0.15) is 53.9 Å². The summed E-state index contributed by atoms with van der Waals surface area (Å²) in [6.07, 6.45) is 3.10. The number of nitrogens with one attached hydrogen (secondary N) is 1. The lowest BCUT2D eigenvalue weighted by Crippen LogP contribution is -2.43. The predicted octanol–water partition coefficient (Wildman–Crippen LogP) is 2.56. The molecule has 0 aliphatic rings. The third kappa shape index (κ3) is 3.97. The maximum atomic E-state index is 9.69. The average molecular weight is 201 g/mol. The Kier molecular flexibility index (Phi) is 6.38. The fourth-order valence-corrected chi connectivity index (χ4v) is 1.52. The van der Waals surface area contributed by atoms with Crippen LogP contribution in [-0.4, -0.2) is 23.8 Å². The van der Waals surface area contributed by atoms with Gasteiger partial charge in [-0.05, 0) is 26.2 Å². The molecule has 86 valence electrons. The van der Waals surface area contributed by atoms with Crippen molar-refractivity contribution in [3.63, 3.8) is 0 Å². The molecule has 2 nitrogen and oxygen atoms in total. The zero-order valence-corrected chi connectivity index (χ0v) is 10.4. The third-order valence-corrected chi connectivity index (χ3v) is 3.60. The van der Waals surface area contributed by atoms with Gasteiger partial charge in [0.2, 0.25) is 0 Å². The van der Waals surface area contributed by atoms with E-state index in [4.69, 9.17) is 0 Å². The van der Waals surface area contributed by atoms with E-state index in [-0.39, 0.29) is 11.5 Å². The monoisotopic (exact) mass is 201 g/mol. The van der Waals surface area contributed by atoms with Gasteiger partial charge in [0.1, 0.15) is 0 Å². The molecule has 0 saturated carbocycles. The van der Waals surface area contributed by atoms with Crippen LogP contribution >= 0.6 is 0 Å². The van der Waals surface area contributed by atoms with Gasteiger partial charge in [0.25, 0.3) is 0 Å². The smallest absolute Gasteiger partial charge is 0.0577 e. The minimum Gasteiger partial charge on any atom is -0.393 e. The Balaban J connectivity index is 4.06. The Labute approximate surface area is 89.1 Å². The van der Waals surface area contributed by atoms with Crippen molar-refractivity contribution in [2.24, 2.45) is 5.41 Å². The molecule has 2 N–H and O–H groups in total. The molecule has 0 radical (unpaired) electrons. The average Bonchev–Trinajstić information content (AvgIpc) is 2.18. The van der Waals surface area contributed by atoms with Crippen LogP contribution < -0.4 is 5.32 Å². The van der Waals surface area contributed by atoms with E-state index in [1.165, 1.54) is 0 Å². The maximum absolute atomic E-state index is 9.69. The van der Waals surface area contributed by atoms with Gasteiger partial charge in [0.15, 0.2) is 0 Å². The second kappa shape index (κ2) is 6.41. The highest BCUT2D eigenvalue weighted by Crippen LogP contribution is 2.24. The summed E-state index contributed by atoms with van der Waals surface area (Å²) < 4.78 is 0. The summed E-state index contributed by atoms with van der Waals surface area (Å²) in [5.74, 6) is 0. The number of rotatable bonds is 7. The largest absolute Gasteiger partial charge is 0.393 e. The minimum atomic E-state index is -0.241. The maximum Gasteiger partial charge on any atom is 0.0577 e. The highest BCUT2D eigenvalue weighted by Gasteiger charge is 2.28. The van der Waals surface area contributed by atoms with Crippen LogP contribution in [0.5, 0.6) is 0 Å². The molecule has 0 bridgehead atoms. The molecule has 0 fully saturated rings. The quantitative estimate of drug-likeness (QED) is 0.663. The van der Waals surface area contributed by atoms with E-state index in [9.17, 15) is 5.11 Å². The van der Waals surface area contributed by atoms with Crippen LogP contribution in [0.4, 0.5) is 0 Å². The van der Waals surface area contributed by atoms with Crippen LogP contribution in [0.2, 0.25) is 0 Å². The highest BCUT2D eigenvalue weighted by molar-refractivity contribution is 4.82. The molecule has 0 spiro atoms. The lowest BCUT2D eigenvalue weighted by molar-refractivity contribution is 0.0467.